The molecule has 2 rings (SSSR count). The molecule has 0 amide bonds. The molecular formula is C30H46O2. The molecule has 0 aromatic rings. The molecule has 4 unspecified atom stereocenters. The number of aliphatic hydroxyl groups excluding tert-OH is 2. The minimum atomic E-state index is -0.396. The SMILES string of the molecule is C=CCC1(C)C(O)=CC=C(C(C)C2=CC=C(O)C(C)(CC=C)C2C(C)(C)C)C1C(C)(C)C. The van der Waals surface area contributed by atoms with E-state index >= 15 is 0 Å². The van der Waals surface area contributed by atoms with Crippen molar-refractivity contribution < 1.29 is 10.2 Å². The van der Waals surface area contributed by atoms with Gasteiger partial charge in [-0.2, -0.15) is 0 Å². The van der Waals surface area contributed by atoms with Crippen LogP contribution in [0.25, 0.3) is 0 Å². The van der Waals surface area contributed by atoms with Crippen molar-refractivity contribution in [3.05, 3.63) is 72.3 Å². The molecule has 4 atom stereocenters. The molecule has 2 nitrogen and oxygen atoms in total. The molecule has 32 heavy (non-hydrogen) atoms. The van der Waals surface area contributed by atoms with Crippen LogP contribution in [-0.4, -0.2) is 10.2 Å². The standard InChI is InChI=1S/C30H46O2/c1-12-18-29(10)23(31)16-14-21(25(29)27(4,5)6)20(3)22-15-17-24(32)30(11,19-13-2)26(22)28(7,8)9/h12-17,20,25-26,31-32H,1-2,18-19H2,3-11H3. The molecule has 0 aromatic carbocycles. The normalized spacial score (nSPS) is 32.3. The fraction of sp³-hybridized carbons (Fsp3) is 0.600. The van der Waals surface area contributed by atoms with E-state index in [-0.39, 0.29) is 28.6 Å². The third-order valence-electron chi connectivity index (χ3n) is 7.85. The van der Waals surface area contributed by atoms with Gasteiger partial charge in [0.25, 0.3) is 0 Å². The second-order valence-corrected chi connectivity index (χ2v) is 12.6. The smallest absolute Gasteiger partial charge is 0.0990 e. The Morgan fingerprint density at radius 3 is 1.34 bits per heavy atom. The average molecular weight is 439 g/mol. The van der Waals surface area contributed by atoms with Crippen molar-refractivity contribution in [1.29, 1.82) is 0 Å². The van der Waals surface area contributed by atoms with Crippen LogP contribution in [0.2, 0.25) is 0 Å². The van der Waals surface area contributed by atoms with E-state index < -0.39 is 10.8 Å². The topological polar surface area (TPSA) is 40.5 Å². The zero-order valence-corrected chi connectivity index (χ0v) is 21.9. The summed E-state index contributed by atoms with van der Waals surface area (Å²) in [6, 6.07) is 0. The molecular weight excluding hydrogens is 392 g/mol. The summed E-state index contributed by atoms with van der Waals surface area (Å²) in [7, 11) is 0. The summed E-state index contributed by atoms with van der Waals surface area (Å²) >= 11 is 0. The maximum absolute atomic E-state index is 11.0. The highest BCUT2D eigenvalue weighted by atomic mass is 16.3. The zero-order valence-electron chi connectivity index (χ0n) is 21.9. The van der Waals surface area contributed by atoms with Crippen LogP contribution in [0.1, 0.15) is 75.2 Å². The number of allylic oxidation sites excluding steroid dienone is 10. The predicted octanol–water partition coefficient (Wildman–Crippen LogP) is 8.88. The summed E-state index contributed by atoms with van der Waals surface area (Å²) in [6.45, 7) is 28.2. The van der Waals surface area contributed by atoms with Gasteiger partial charge in [0, 0.05) is 10.8 Å². The maximum atomic E-state index is 11.0. The van der Waals surface area contributed by atoms with Gasteiger partial charge in [-0.3, -0.25) is 0 Å². The molecule has 0 radical (unpaired) electrons. The van der Waals surface area contributed by atoms with Crippen molar-refractivity contribution in [2.24, 2.45) is 39.4 Å². The number of aliphatic hydroxyl groups is 2. The number of hydrogen-bond donors (Lipinski definition) is 2. The molecule has 0 heterocycles. The Morgan fingerprint density at radius 2 is 1.09 bits per heavy atom. The second-order valence-electron chi connectivity index (χ2n) is 12.6. The van der Waals surface area contributed by atoms with Gasteiger partial charge in [-0.1, -0.05) is 97.8 Å². The first kappa shape index (κ1) is 26.3. The van der Waals surface area contributed by atoms with E-state index in [1.54, 1.807) is 0 Å². The van der Waals surface area contributed by atoms with E-state index in [1.165, 1.54) is 11.1 Å². The lowest BCUT2D eigenvalue weighted by atomic mass is 9.52. The Hall–Kier alpha value is -1.96. The quantitative estimate of drug-likeness (QED) is 0.406. The molecule has 2 aliphatic carbocycles. The van der Waals surface area contributed by atoms with Crippen molar-refractivity contribution in [2.45, 2.75) is 75.2 Å². The van der Waals surface area contributed by atoms with Gasteiger partial charge in [-0.05, 0) is 53.6 Å². The van der Waals surface area contributed by atoms with Gasteiger partial charge in [-0.15, -0.1) is 13.2 Å². The first-order valence-electron chi connectivity index (χ1n) is 12.0. The first-order chi connectivity index (χ1) is 14.6. The molecule has 0 aliphatic heterocycles. The average Bonchev–Trinajstić information content (AvgIpc) is 2.63. The van der Waals surface area contributed by atoms with Crippen LogP contribution in [0.4, 0.5) is 0 Å². The van der Waals surface area contributed by atoms with Crippen LogP contribution in [0.5, 0.6) is 0 Å². The Labute approximate surface area is 197 Å². The molecule has 0 spiro atoms. The van der Waals surface area contributed by atoms with Crippen molar-refractivity contribution in [2.75, 3.05) is 0 Å². The van der Waals surface area contributed by atoms with E-state index in [0.29, 0.717) is 11.5 Å². The van der Waals surface area contributed by atoms with Crippen LogP contribution in [0, 0.1) is 39.4 Å². The summed E-state index contributed by atoms with van der Waals surface area (Å²) < 4.78 is 0. The van der Waals surface area contributed by atoms with E-state index in [1.807, 2.05) is 24.3 Å². The fourth-order valence-corrected chi connectivity index (χ4v) is 6.89. The Balaban J connectivity index is 2.71. The van der Waals surface area contributed by atoms with Gasteiger partial charge < -0.3 is 10.2 Å². The van der Waals surface area contributed by atoms with Gasteiger partial charge in [0.05, 0.1) is 11.5 Å². The number of rotatable bonds is 6. The van der Waals surface area contributed by atoms with Crippen LogP contribution in [-0.2, 0) is 0 Å². The Morgan fingerprint density at radius 1 is 0.781 bits per heavy atom. The summed E-state index contributed by atoms with van der Waals surface area (Å²) in [5.74, 6) is 1.35. The largest absolute Gasteiger partial charge is 0.512 e. The van der Waals surface area contributed by atoms with Gasteiger partial charge >= 0.3 is 0 Å². The molecule has 2 heteroatoms. The molecule has 0 saturated heterocycles. The van der Waals surface area contributed by atoms with Gasteiger partial charge in [0.15, 0.2) is 0 Å². The molecule has 0 fully saturated rings. The van der Waals surface area contributed by atoms with Crippen LogP contribution in [0.3, 0.4) is 0 Å². The van der Waals surface area contributed by atoms with E-state index in [2.05, 4.69) is 87.6 Å². The third-order valence-corrected chi connectivity index (χ3v) is 7.85. The minimum Gasteiger partial charge on any atom is -0.512 e. The molecule has 0 bridgehead atoms. The molecule has 178 valence electrons. The van der Waals surface area contributed by atoms with E-state index in [9.17, 15) is 10.2 Å². The highest BCUT2D eigenvalue weighted by Crippen LogP contribution is 2.59. The van der Waals surface area contributed by atoms with Gasteiger partial charge in [0.2, 0.25) is 0 Å². The van der Waals surface area contributed by atoms with Crippen LogP contribution in [0.15, 0.2) is 72.3 Å². The Kier molecular flexibility index (Phi) is 7.20. The summed E-state index contributed by atoms with van der Waals surface area (Å²) in [6.07, 6.45) is 13.4. The molecule has 2 aliphatic rings. The Bertz CT molecular complexity index is 795. The van der Waals surface area contributed by atoms with Crippen molar-refractivity contribution in [1.82, 2.24) is 0 Å². The lowest BCUT2D eigenvalue weighted by Crippen LogP contribution is -2.45. The lowest BCUT2D eigenvalue weighted by Gasteiger charge is -2.52. The fourth-order valence-electron chi connectivity index (χ4n) is 6.89. The van der Waals surface area contributed by atoms with Crippen molar-refractivity contribution in [3.8, 4) is 0 Å². The second kappa shape index (κ2) is 8.76. The monoisotopic (exact) mass is 438 g/mol. The lowest BCUT2D eigenvalue weighted by molar-refractivity contribution is 0.0682. The minimum absolute atomic E-state index is 0.0467. The predicted molar refractivity (Wildman–Crippen MR) is 138 cm³/mol. The summed E-state index contributed by atoms with van der Waals surface area (Å²) in [4.78, 5) is 0. The molecule has 2 N–H and O–H groups in total. The van der Waals surface area contributed by atoms with E-state index in [0.717, 1.165) is 12.8 Å². The van der Waals surface area contributed by atoms with Crippen LogP contribution < -0.4 is 0 Å². The van der Waals surface area contributed by atoms with E-state index in [4.69, 9.17) is 0 Å². The first-order valence-corrected chi connectivity index (χ1v) is 12.0. The zero-order chi connectivity index (χ0) is 24.7. The maximum Gasteiger partial charge on any atom is 0.0990 e. The third kappa shape index (κ3) is 4.43. The summed E-state index contributed by atoms with van der Waals surface area (Å²) in [5, 5.41) is 21.9. The highest BCUT2D eigenvalue weighted by Gasteiger charge is 2.52. The van der Waals surface area contributed by atoms with Crippen LogP contribution >= 0.6 is 0 Å². The van der Waals surface area contributed by atoms with Gasteiger partial charge in [0.1, 0.15) is 0 Å². The van der Waals surface area contributed by atoms with Crippen molar-refractivity contribution >= 4 is 0 Å². The van der Waals surface area contributed by atoms with Gasteiger partial charge in [-0.25, -0.2) is 0 Å². The van der Waals surface area contributed by atoms with Crippen molar-refractivity contribution in [3.63, 3.8) is 0 Å². The number of hydrogen-bond acceptors (Lipinski definition) is 2. The highest BCUT2D eigenvalue weighted by molar-refractivity contribution is 5.42. The summed E-state index contributed by atoms with van der Waals surface area (Å²) in [5.41, 5.74) is 1.80. The molecule has 0 aromatic heterocycles. The molecule has 0 saturated carbocycles.